The number of rotatable bonds is 8. The first-order chi connectivity index (χ1) is 14.6. The average molecular weight is 442 g/mol. The molecule has 0 bridgehead atoms. The van der Waals surface area contributed by atoms with Crippen LogP contribution in [0.15, 0.2) is 51.9 Å². The Morgan fingerprint density at radius 3 is 2.00 bits per heavy atom. The molecule has 0 aliphatic heterocycles. The van der Waals surface area contributed by atoms with Crippen LogP contribution in [0.1, 0.15) is 81.9 Å². The fourth-order valence-corrected chi connectivity index (χ4v) is 5.13. The highest BCUT2D eigenvalue weighted by Crippen LogP contribution is 2.35. The van der Waals surface area contributed by atoms with Crippen molar-refractivity contribution < 1.29 is 12.9 Å². The molecule has 6 nitrogen and oxygen atoms in total. The molecule has 0 saturated carbocycles. The second-order valence-corrected chi connectivity index (χ2v) is 10.4. The molecular weight excluding hydrogens is 410 g/mol. The summed E-state index contributed by atoms with van der Waals surface area (Å²) in [5.41, 5.74) is 3.63. The van der Waals surface area contributed by atoms with Gasteiger partial charge < -0.3 is 4.52 Å². The minimum absolute atomic E-state index is 0.0656. The third-order valence-electron chi connectivity index (χ3n) is 5.26. The summed E-state index contributed by atoms with van der Waals surface area (Å²) in [6, 6.07) is 13.5. The van der Waals surface area contributed by atoms with Gasteiger partial charge in [-0.2, -0.15) is 4.98 Å². The second-order valence-electron chi connectivity index (χ2n) is 8.69. The number of nitrogens with zero attached hydrogens (tertiary/aromatic N) is 2. The van der Waals surface area contributed by atoms with E-state index in [0.29, 0.717) is 16.6 Å². The molecule has 3 aromatic rings. The van der Waals surface area contributed by atoms with E-state index in [9.17, 15) is 8.42 Å². The third kappa shape index (κ3) is 5.22. The highest BCUT2D eigenvalue weighted by Gasteiger charge is 2.27. The Morgan fingerprint density at radius 1 is 0.903 bits per heavy atom. The van der Waals surface area contributed by atoms with Gasteiger partial charge in [-0.05, 0) is 34.4 Å². The van der Waals surface area contributed by atoms with Gasteiger partial charge in [0.2, 0.25) is 21.7 Å². The van der Waals surface area contributed by atoms with Gasteiger partial charge >= 0.3 is 0 Å². The minimum atomic E-state index is -3.79. The number of benzene rings is 2. The fraction of sp³-hybridized carbons (Fsp3) is 0.417. The summed E-state index contributed by atoms with van der Waals surface area (Å²) in [5, 5.41) is 3.96. The molecule has 0 unspecified atom stereocenters. The molecule has 0 saturated heterocycles. The maximum absolute atomic E-state index is 13.4. The molecule has 31 heavy (non-hydrogen) atoms. The maximum atomic E-state index is 13.4. The van der Waals surface area contributed by atoms with Crippen molar-refractivity contribution >= 4 is 10.0 Å². The van der Waals surface area contributed by atoms with Crippen LogP contribution in [0.4, 0.5) is 0 Å². The van der Waals surface area contributed by atoms with Crippen LogP contribution < -0.4 is 4.72 Å². The third-order valence-corrected chi connectivity index (χ3v) is 6.79. The lowest BCUT2D eigenvalue weighted by Gasteiger charge is -2.22. The van der Waals surface area contributed by atoms with Crippen molar-refractivity contribution in [3.63, 3.8) is 0 Å². The van der Waals surface area contributed by atoms with Crippen LogP contribution in [-0.4, -0.2) is 18.6 Å². The zero-order valence-corrected chi connectivity index (χ0v) is 19.8. The predicted octanol–water partition coefficient (Wildman–Crippen LogP) is 5.59. The molecule has 2 aromatic carbocycles. The van der Waals surface area contributed by atoms with Gasteiger partial charge in [-0.25, -0.2) is 13.1 Å². The first-order valence-electron chi connectivity index (χ1n) is 10.7. The lowest BCUT2D eigenvalue weighted by atomic mass is 9.89. The minimum Gasteiger partial charge on any atom is -0.338 e. The fourth-order valence-electron chi connectivity index (χ4n) is 3.46. The highest BCUT2D eigenvalue weighted by atomic mass is 32.2. The van der Waals surface area contributed by atoms with E-state index in [1.807, 2.05) is 70.2 Å². The van der Waals surface area contributed by atoms with E-state index in [1.165, 1.54) is 0 Å². The first kappa shape index (κ1) is 23.2. The summed E-state index contributed by atoms with van der Waals surface area (Å²) >= 11 is 0. The number of aromatic nitrogens is 2. The Kier molecular flexibility index (Phi) is 6.96. The number of nitrogens with one attached hydrogen (secondary N) is 1. The van der Waals surface area contributed by atoms with Gasteiger partial charge in [0, 0.05) is 5.56 Å². The van der Waals surface area contributed by atoms with Gasteiger partial charge in [-0.3, -0.25) is 0 Å². The molecule has 3 rings (SSSR count). The van der Waals surface area contributed by atoms with Crippen LogP contribution in [-0.2, 0) is 16.6 Å². The van der Waals surface area contributed by atoms with Crippen molar-refractivity contribution in [3.05, 3.63) is 65.0 Å². The predicted molar refractivity (Wildman–Crippen MR) is 122 cm³/mol. The van der Waals surface area contributed by atoms with Crippen molar-refractivity contribution in [2.24, 2.45) is 0 Å². The van der Waals surface area contributed by atoms with Crippen LogP contribution in [0.5, 0.6) is 0 Å². The van der Waals surface area contributed by atoms with E-state index < -0.39 is 10.0 Å². The Hall–Kier alpha value is -2.51. The van der Waals surface area contributed by atoms with Gasteiger partial charge in [-0.15, -0.1) is 0 Å². The second kappa shape index (κ2) is 9.32. The van der Waals surface area contributed by atoms with Crippen molar-refractivity contribution in [1.82, 2.24) is 14.9 Å². The van der Waals surface area contributed by atoms with E-state index in [1.54, 1.807) is 0 Å². The van der Waals surface area contributed by atoms with Gasteiger partial charge in [0.1, 0.15) is 0 Å². The molecule has 1 heterocycles. The standard InChI is InChI=1S/C24H31N3O3S/c1-15(2)19-12-20(16(3)4)23(21(13-19)17(5)6)31(28,29)25-14-22-26-24(27-30-22)18-10-8-7-9-11-18/h7-13,15-17,25H,14H2,1-6H3. The molecule has 1 aromatic heterocycles. The quantitative estimate of drug-likeness (QED) is 0.493. The van der Waals surface area contributed by atoms with Gasteiger partial charge in [0.05, 0.1) is 11.4 Å². The van der Waals surface area contributed by atoms with E-state index in [0.717, 1.165) is 22.3 Å². The lowest BCUT2D eigenvalue weighted by molar-refractivity contribution is 0.376. The summed E-state index contributed by atoms with van der Waals surface area (Å²) in [5.74, 6) is 1.10. The Bertz CT molecular complexity index is 1100. The first-order valence-corrected chi connectivity index (χ1v) is 12.1. The lowest BCUT2D eigenvalue weighted by Crippen LogP contribution is -2.26. The molecular formula is C24H31N3O3S. The van der Waals surface area contributed by atoms with Crippen LogP contribution in [0.2, 0.25) is 0 Å². The smallest absolute Gasteiger partial charge is 0.242 e. The molecule has 1 N–H and O–H groups in total. The van der Waals surface area contributed by atoms with E-state index in [4.69, 9.17) is 4.52 Å². The number of sulfonamides is 1. The molecule has 0 atom stereocenters. The Morgan fingerprint density at radius 2 is 1.48 bits per heavy atom. The molecule has 0 aliphatic rings. The van der Waals surface area contributed by atoms with E-state index >= 15 is 0 Å². The van der Waals surface area contributed by atoms with Crippen molar-refractivity contribution in [1.29, 1.82) is 0 Å². The molecule has 7 heteroatoms. The summed E-state index contributed by atoms with van der Waals surface area (Å²) in [4.78, 5) is 4.69. The Labute approximate surface area is 185 Å². The van der Waals surface area contributed by atoms with Crippen molar-refractivity contribution in [2.75, 3.05) is 0 Å². The van der Waals surface area contributed by atoms with E-state index in [2.05, 4.69) is 28.7 Å². The zero-order chi connectivity index (χ0) is 22.8. The Balaban J connectivity index is 1.94. The monoisotopic (exact) mass is 441 g/mol. The van der Waals surface area contributed by atoms with Crippen LogP contribution in [0.3, 0.4) is 0 Å². The number of hydrogen-bond donors (Lipinski definition) is 1. The zero-order valence-electron chi connectivity index (χ0n) is 19.0. The van der Waals surface area contributed by atoms with E-state index in [-0.39, 0.29) is 24.3 Å². The van der Waals surface area contributed by atoms with Crippen LogP contribution in [0.25, 0.3) is 11.4 Å². The summed E-state index contributed by atoms with van der Waals surface area (Å²) in [6.45, 7) is 12.3. The average Bonchev–Trinajstić information content (AvgIpc) is 3.21. The topological polar surface area (TPSA) is 85.1 Å². The molecule has 0 fully saturated rings. The normalized spacial score (nSPS) is 12.3. The maximum Gasteiger partial charge on any atom is 0.242 e. The molecule has 0 aliphatic carbocycles. The van der Waals surface area contributed by atoms with Crippen LogP contribution in [0, 0.1) is 0 Å². The van der Waals surface area contributed by atoms with Gasteiger partial charge in [0.25, 0.3) is 0 Å². The molecule has 0 spiro atoms. The summed E-state index contributed by atoms with van der Waals surface area (Å²) in [7, 11) is -3.79. The number of hydrogen-bond acceptors (Lipinski definition) is 5. The molecule has 0 amide bonds. The van der Waals surface area contributed by atoms with Crippen molar-refractivity contribution in [2.45, 2.75) is 70.7 Å². The van der Waals surface area contributed by atoms with Crippen molar-refractivity contribution in [3.8, 4) is 11.4 Å². The summed E-state index contributed by atoms with van der Waals surface area (Å²) in [6.07, 6.45) is 0. The summed E-state index contributed by atoms with van der Waals surface area (Å²) < 4.78 is 34.8. The largest absolute Gasteiger partial charge is 0.338 e. The highest BCUT2D eigenvalue weighted by molar-refractivity contribution is 7.89. The van der Waals surface area contributed by atoms with Gasteiger partial charge in [0.15, 0.2) is 0 Å². The van der Waals surface area contributed by atoms with Gasteiger partial charge in [-0.1, -0.05) is 89.2 Å². The SMILES string of the molecule is CC(C)c1cc(C(C)C)c(S(=O)(=O)NCc2nc(-c3ccccc3)no2)c(C(C)C)c1. The molecule has 0 radical (unpaired) electrons. The molecule has 166 valence electrons. The van der Waals surface area contributed by atoms with Crippen LogP contribution >= 0.6 is 0 Å².